The van der Waals surface area contributed by atoms with Gasteiger partial charge in [-0.15, -0.1) is 0 Å². The normalized spacial score (nSPS) is 10.7. The monoisotopic (exact) mass is 391 g/mol. The Kier molecular flexibility index (Phi) is 5.32. The summed E-state index contributed by atoms with van der Waals surface area (Å²) in [5.74, 6) is -1.79. The molecule has 8 heteroatoms. The second kappa shape index (κ2) is 7.67. The number of methoxy groups -OCH3 is 1. The first-order chi connectivity index (χ1) is 12.9. The highest BCUT2D eigenvalue weighted by molar-refractivity contribution is 6.31. The molecular formula is C19H15ClFNO5. The summed E-state index contributed by atoms with van der Waals surface area (Å²) < 4.78 is 29.1. The number of carbonyl (C=O) groups is 2. The van der Waals surface area contributed by atoms with Gasteiger partial charge in [0.1, 0.15) is 5.75 Å². The van der Waals surface area contributed by atoms with Gasteiger partial charge in [-0.25, -0.2) is 9.18 Å². The second-order valence-electron chi connectivity index (χ2n) is 5.64. The number of rotatable bonds is 5. The van der Waals surface area contributed by atoms with Crippen molar-refractivity contribution >= 4 is 40.1 Å². The molecule has 140 valence electrons. The van der Waals surface area contributed by atoms with Gasteiger partial charge in [0.2, 0.25) is 5.76 Å². The molecule has 0 aliphatic carbocycles. The Morgan fingerprint density at radius 2 is 2.04 bits per heavy atom. The van der Waals surface area contributed by atoms with Crippen LogP contribution in [-0.4, -0.2) is 25.6 Å². The van der Waals surface area contributed by atoms with Crippen LogP contribution in [0.15, 0.2) is 40.8 Å². The van der Waals surface area contributed by atoms with Gasteiger partial charge in [0.05, 0.1) is 12.8 Å². The maximum Gasteiger partial charge on any atom is 0.375 e. The largest absolute Gasteiger partial charge is 0.495 e. The minimum Gasteiger partial charge on any atom is -0.495 e. The van der Waals surface area contributed by atoms with Gasteiger partial charge in [-0.2, -0.15) is 0 Å². The number of carbonyl (C=O) groups excluding carboxylic acids is 2. The van der Waals surface area contributed by atoms with Crippen molar-refractivity contribution in [3.63, 3.8) is 0 Å². The quantitative estimate of drug-likeness (QED) is 0.655. The molecule has 0 radical (unpaired) electrons. The number of anilines is 1. The lowest BCUT2D eigenvalue weighted by Gasteiger charge is -2.10. The highest BCUT2D eigenvalue weighted by Gasteiger charge is 2.21. The van der Waals surface area contributed by atoms with Crippen LogP contribution in [0.4, 0.5) is 10.1 Å². The zero-order valence-corrected chi connectivity index (χ0v) is 15.2. The second-order valence-corrected chi connectivity index (χ2v) is 6.08. The Balaban J connectivity index is 1.69. The molecule has 2 aromatic carbocycles. The van der Waals surface area contributed by atoms with Crippen molar-refractivity contribution in [1.82, 2.24) is 0 Å². The van der Waals surface area contributed by atoms with E-state index in [9.17, 15) is 14.0 Å². The number of fused-ring (bicyclic) bond motifs is 1. The molecule has 0 saturated carbocycles. The van der Waals surface area contributed by atoms with Crippen LogP contribution in [0.5, 0.6) is 5.75 Å². The van der Waals surface area contributed by atoms with Crippen LogP contribution in [0.1, 0.15) is 16.1 Å². The zero-order valence-electron chi connectivity index (χ0n) is 14.5. The van der Waals surface area contributed by atoms with E-state index in [1.165, 1.54) is 25.3 Å². The summed E-state index contributed by atoms with van der Waals surface area (Å²) in [5, 5.41) is 3.42. The van der Waals surface area contributed by atoms with Crippen LogP contribution < -0.4 is 10.1 Å². The first-order valence-electron chi connectivity index (χ1n) is 7.89. The zero-order chi connectivity index (χ0) is 19.6. The molecule has 3 rings (SSSR count). The average Bonchev–Trinajstić information content (AvgIpc) is 2.98. The summed E-state index contributed by atoms with van der Waals surface area (Å²) in [6, 6.07) is 9.08. The van der Waals surface area contributed by atoms with E-state index in [2.05, 4.69) is 5.32 Å². The standard InChI is InChI=1S/C19H15ClFNO5/c1-10-12-4-3-5-13(21)18(12)27-17(10)19(24)26-9-16(23)22-14-8-11(20)6-7-15(14)25-2/h3-8H,9H2,1-2H3,(H,22,23). The summed E-state index contributed by atoms with van der Waals surface area (Å²) >= 11 is 5.90. The highest BCUT2D eigenvalue weighted by atomic mass is 35.5. The molecule has 0 saturated heterocycles. The first kappa shape index (κ1) is 18.7. The van der Waals surface area contributed by atoms with E-state index in [-0.39, 0.29) is 11.3 Å². The van der Waals surface area contributed by atoms with E-state index < -0.39 is 24.3 Å². The molecule has 0 unspecified atom stereocenters. The number of ether oxygens (including phenoxy) is 2. The lowest BCUT2D eigenvalue weighted by Crippen LogP contribution is -2.21. The van der Waals surface area contributed by atoms with Crippen molar-refractivity contribution in [2.75, 3.05) is 19.0 Å². The smallest absolute Gasteiger partial charge is 0.375 e. The third-order valence-corrected chi connectivity index (χ3v) is 4.11. The van der Waals surface area contributed by atoms with E-state index in [0.29, 0.717) is 27.4 Å². The Morgan fingerprint density at radius 1 is 1.26 bits per heavy atom. The third kappa shape index (κ3) is 3.88. The first-order valence-corrected chi connectivity index (χ1v) is 8.26. The molecule has 0 atom stereocenters. The van der Waals surface area contributed by atoms with Crippen LogP contribution in [0.25, 0.3) is 11.0 Å². The summed E-state index contributed by atoms with van der Waals surface area (Å²) in [7, 11) is 1.45. The van der Waals surface area contributed by atoms with E-state index in [0.717, 1.165) is 0 Å². The topological polar surface area (TPSA) is 77.8 Å². The van der Waals surface area contributed by atoms with E-state index >= 15 is 0 Å². The number of para-hydroxylation sites is 1. The fourth-order valence-electron chi connectivity index (χ4n) is 2.56. The Hall–Kier alpha value is -3.06. The Labute approximate surface area is 158 Å². The van der Waals surface area contributed by atoms with Crippen molar-refractivity contribution in [3.05, 3.63) is 58.6 Å². The summed E-state index contributed by atoms with van der Waals surface area (Å²) in [5.41, 5.74) is 0.745. The number of amides is 1. The molecule has 1 heterocycles. The van der Waals surface area contributed by atoms with Gasteiger partial charge in [0, 0.05) is 16.0 Å². The van der Waals surface area contributed by atoms with Gasteiger partial charge in [-0.3, -0.25) is 4.79 Å². The van der Waals surface area contributed by atoms with Crippen LogP contribution >= 0.6 is 11.6 Å². The van der Waals surface area contributed by atoms with Gasteiger partial charge in [0.25, 0.3) is 5.91 Å². The Morgan fingerprint density at radius 3 is 2.74 bits per heavy atom. The van der Waals surface area contributed by atoms with Crippen LogP contribution in [-0.2, 0) is 9.53 Å². The van der Waals surface area contributed by atoms with Crippen molar-refractivity contribution in [2.24, 2.45) is 0 Å². The fraction of sp³-hybridized carbons (Fsp3) is 0.158. The summed E-state index contributed by atoms with van der Waals surface area (Å²) in [4.78, 5) is 24.3. The van der Waals surface area contributed by atoms with Gasteiger partial charge >= 0.3 is 5.97 Å². The number of benzene rings is 2. The van der Waals surface area contributed by atoms with E-state index in [4.69, 9.17) is 25.5 Å². The average molecular weight is 392 g/mol. The number of nitrogens with one attached hydrogen (secondary N) is 1. The van der Waals surface area contributed by atoms with Gasteiger partial charge in [0.15, 0.2) is 18.0 Å². The number of esters is 1. The molecule has 27 heavy (non-hydrogen) atoms. The minimum absolute atomic E-state index is 0.0323. The lowest BCUT2D eigenvalue weighted by molar-refractivity contribution is -0.119. The molecule has 1 aromatic heterocycles. The molecule has 6 nitrogen and oxygen atoms in total. The predicted octanol–water partition coefficient (Wildman–Crippen LogP) is 4.34. The SMILES string of the molecule is COc1ccc(Cl)cc1NC(=O)COC(=O)c1oc2c(F)cccc2c1C. The van der Waals surface area contributed by atoms with Gasteiger partial charge in [-0.1, -0.05) is 23.7 Å². The number of hydrogen-bond donors (Lipinski definition) is 1. The van der Waals surface area contributed by atoms with E-state index in [1.807, 2.05) is 0 Å². The number of furan rings is 1. The maximum atomic E-state index is 13.8. The van der Waals surface area contributed by atoms with Crippen molar-refractivity contribution in [1.29, 1.82) is 0 Å². The minimum atomic E-state index is -0.865. The number of halogens is 2. The third-order valence-electron chi connectivity index (χ3n) is 3.87. The molecule has 0 spiro atoms. The predicted molar refractivity (Wildman–Crippen MR) is 97.8 cm³/mol. The molecule has 1 amide bonds. The van der Waals surface area contributed by atoms with Crippen LogP contribution in [0.2, 0.25) is 5.02 Å². The molecular weight excluding hydrogens is 377 g/mol. The summed E-state index contributed by atoms with van der Waals surface area (Å²) in [6.07, 6.45) is 0. The van der Waals surface area contributed by atoms with E-state index in [1.54, 1.807) is 25.1 Å². The van der Waals surface area contributed by atoms with Gasteiger partial charge < -0.3 is 19.2 Å². The maximum absolute atomic E-state index is 13.8. The molecule has 0 fully saturated rings. The molecule has 1 N–H and O–H groups in total. The van der Waals surface area contributed by atoms with Crippen molar-refractivity contribution in [2.45, 2.75) is 6.92 Å². The number of hydrogen-bond acceptors (Lipinski definition) is 5. The molecule has 0 bridgehead atoms. The van der Waals surface area contributed by atoms with Crippen molar-refractivity contribution in [3.8, 4) is 5.75 Å². The highest BCUT2D eigenvalue weighted by Crippen LogP contribution is 2.29. The van der Waals surface area contributed by atoms with Crippen molar-refractivity contribution < 1.29 is 27.9 Å². The van der Waals surface area contributed by atoms with Gasteiger partial charge in [-0.05, 0) is 31.2 Å². The molecule has 0 aliphatic heterocycles. The summed E-state index contributed by atoms with van der Waals surface area (Å²) in [6.45, 7) is 1.05. The Bertz CT molecular complexity index is 1030. The molecule has 0 aliphatic rings. The fourth-order valence-corrected chi connectivity index (χ4v) is 2.74. The number of aryl methyl sites for hydroxylation is 1. The molecule has 3 aromatic rings. The van der Waals surface area contributed by atoms with Crippen LogP contribution in [0, 0.1) is 12.7 Å². The lowest BCUT2D eigenvalue weighted by atomic mass is 10.1. The van der Waals surface area contributed by atoms with Crippen LogP contribution in [0.3, 0.4) is 0 Å².